The van der Waals surface area contributed by atoms with Gasteiger partial charge in [0.2, 0.25) is 0 Å². The molecule has 0 amide bonds. The van der Waals surface area contributed by atoms with Crippen molar-refractivity contribution < 1.29 is 0 Å². The summed E-state index contributed by atoms with van der Waals surface area (Å²) < 4.78 is 0. The van der Waals surface area contributed by atoms with E-state index in [2.05, 4.69) is 60.4 Å². The average Bonchev–Trinajstić information content (AvgIpc) is 2.91. The summed E-state index contributed by atoms with van der Waals surface area (Å²) in [7, 11) is 0. The number of rotatable bonds is 9. The Morgan fingerprint density at radius 3 is 2.05 bits per heavy atom. The normalized spacial score (nSPS) is 13.1. The van der Waals surface area contributed by atoms with Crippen LogP contribution in [0, 0.1) is 5.92 Å². The number of nitrogens with one attached hydrogen (secondary N) is 1. The number of H-pyrrole nitrogens is 1. The van der Waals surface area contributed by atoms with Crippen LogP contribution in [0.25, 0.3) is 0 Å². The van der Waals surface area contributed by atoms with E-state index in [1.54, 1.807) is 0 Å². The van der Waals surface area contributed by atoms with Crippen LogP contribution >= 0.6 is 0 Å². The van der Waals surface area contributed by atoms with Gasteiger partial charge in [-0.05, 0) is 38.0 Å². The van der Waals surface area contributed by atoms with Gasteiger partial charge in [0.25, 0.3) is 0 Å². The van der Waals surface area contributed by atoms with E-state index < -0.39 is 0 Å². The molecular formula is C20H38N2. The lowest BCUT2D eigenvalue weighted by Gasteiger charge is -2.24. The van der Waals surface area contributed by atoms with Crippen molar-refractivity contribution in [2.24, 2.45) is 5.92 Å². The van der Waals surface area contributed by atoms with Crippen LogP contribution in [0.3, 0.4) is 0 Å². The third-order valence-electron chi connectivity index (χ3n) is 5.64. The lowest BCUT2D eigenvalue weighted by molar-refractivity contribution is 0.411. The van der Waals surface area contributed by atoms with E-state index in [1.165, 1.54) is 30.1 Å². The van der Waals surface area contributed by atoms with E-state index in [0.29, 0.717) is 0 Å². The Balaban J connectivity index is 3.14. The lowest BCUT2D eigenvalue weighted by atomic mass is 9.83. The van der Waals surface area contributed by atoms with Crippen LogP contribution in [-0.4, -0.2) is 9.97 Å². The molecule has 0 radical (unpaired) electrons. The minimum absolute atomic E-state index is 0.157. The number of hydrogen-bond acceptors (Lipinski definition) is 1. The largest absolute Gasteiger partial charge is 0.345 e. The third-order valence-corrected chi connectivity index (χ3v) is 5.64. The second-order valence-electron chi connectivity index (χ2n) is 8.20. The van der Waals surface area contributed by atoms with E-state index in [9.17, 15) is 0 Å². The van der Waals surface area contributed by atoms with Gasteiger partial charge in [0, 0.05) is 16.5 Å². The van der Waals surface area contributed by atoms with Gasteiger partial charge >= 0.3 is 0 Å². The number of aromatic nitrogens is 2. The topological polar surface area (TPSA) is 28.7 Å². The van der Waals surface area contributed by atoms with Gasteiger partial charge in [0.05, 0.1) is 5.69 Å². The molecule has 0 aliphatic heterocycles. The number of aryl methyl sites for hydroxylation is 1. The van der Waals surface area contributed by atoms with Crippen molar-refractivity contribution in [2.45, 2.75) is 105 Å². The predicted molar refractivity (Wildman–Crippen MR) is 97.6 cm³/mol. The van der Waals surface area contributed by atoms with Crippen molar-refractivity contribution in [2.75, 3.05) is 0 Å². The first-order valence-electron chi connectivity index (χ1n) is 9.30. The zero-order chi connectivity index (χ0) is 17.0. The summed E-state index contributed by atoms with van der Waals surface area (Å²) in [5.41, 5.74) is 3.02. The highest BCUT2D eigenvalue weighted by Gasteiger charge is 2.31. The molecule has 0 saturated heterocycles. The smallest absolute Gasteiger partial charge is 0.112 e. The molecule has 0 atom stereocenters. The summed E-state index contributed by atoms with van der Waals surface area (Å²) in [4.78, 5) is 8.84. The molecule has 1 aromatic rings. The molecule has 0 saturated carbocycles. The summed E-state index contributed by atoms with van der Waals surface area (Å²) in [6.45, 7) is 18.4. The van der Waals surface area contributed by atoms with Crippen molar-refractivity contribution in [3.63, 3.8) is 0 Å². The van der Waals surface area contributed by atoms with Gasteiger partial charge in [-0.2, -0.15) is 0 Å². The summed E-state index contributed by atoms with van der Waals surface area (Å²) in [6.07, 6.45) is 7.07. The molecular weight excluding hydrogens is 268 g/mol. The second kappa shape index (κ2) is 7.66. The van der Waals surface area contributed by atoms with Crippen molar-refractivity contribution in [1.29, 1.82) is 0 Å². The van der Waals surface area contributed by atoms with Gasteiger partial charge in [-0.3, -0.25) is 0 Å². The second-order valence-corrected chi connectivity index (χ2v) is 8.20. The minimum Gasteiger partial charge on any atom is -0.345 e. The minimum atomic E-state index is 0.157. The molecule has 2 heteroatoms. The maximum atomic E-state index is 5.11. The fourth-order valence-corrected chi connectivity index (χ4v) is 2.88. The molecule has 0 spiro atoms. The standard InChI is InChI=1S/C20H38N2/c1-9-19(6,7)17-16(14-12-13-15(4)5)21-18(22-17)20(8,10-2)11-3/h15H,9-14H2,1-8H3,(H,21,22). The van der Waals surface area contributed by atoms with Gasteiger partial charge in [-0.25, -0.2) is 4.98 Å². The zero-order valence-electron chi connectivity index (χ0n) is 16.3. The highest BCUT2D eigenvalue weighted by atomic mass is 15.0. The first kappa shape index (κ1) is 19.3. The molecule has 0 aliphatic carbocycles. The van der Waals surface area contributed by atoms with Gasteiger partial charge in [-0.1, -0.05) is 61.8 Å². The highest BCUT2D eigenvalue weighted by molar-refractivity contribution is 5.26. The molecule has 0 aromatic carbocycles. The van der Waals surface area contributed by atoms with Crippen molar-refractivity contribution in [3.8, 4) is 0 Å². The Labute approximate surface area is 138 Å². The molecule has 1 heterocycles. The Morgan fingerprint density at radius 2 is 1.59 bits per heavy atom. The predicted octanol–water partition coefficient (Wildman–Crippen LogP) is 6.15. The average molecular weight is 307 g/mol. The fraction of sp³-hybridized carbons (Fsp3) is 0.850. The summed E-state index contributed by atoms with van der Waals surface area (Å²) in [5.74, 6) is 1.98. The van der Waals surface area contributed by atoms with Crippen LogP contribution in [0.5, 0.6) is 0 Å². The van der Waals surface area contributed by atoms with Crippen LogP contribution in [0.2, 0.25) is 0 Å². The zero-order valence-corrected chi connectivity index (χ0v) is 16.3. The highest BCUT2D eigenvalue weighted by Crippen LogP contribution is 2.34. The van der Waals surface area contributed by atoms with Crippen molar-refractivity contribution in [3.05, 3.63) is 17.2 Å². The Bertz CT molecular complexity index is 450. The monoisotopic (exact) mass is 306 g/mol. The Morgan fingerprint density at radius 1 is 1.00 bits per heavy atom. The Kier molecular flexibility index (Phi) is 6.70. The summed E-state index contributed by atoms with van der Waals surface area (Å²) in [5, 5.41) is 0. The first-order valence-corrected chi connectivity index (χ1v) is 9.30. The molecule has 1 rings (SSSR count). The van der Waals surface area contributed by atoms with Gasteiger partial charge < -0.3 is 4.98 Å². The van der Waals surface area contributed by atoms with Crippen molar-refractivity contribution >= 4 is 0 Å². The van der Waals surface area contributed by atoms with Gasteiger partial charge in [0.1, 0.15) is 5.82 Å². The quantitative estimate of drug-likeness (QED) is 0.582. The molecule has 1 N–H and O–H groups in total. The lowest BCUT2D eigenvalue weighted by Crippen LogP contribution is -2.22. The van der Waals surface area contributed by atoms with Gasteiger partial charge in [0.15, 0.2) is 0 Å². The van der Waals surface area contributed by atoms with Crippen LogP contribution in [0.1, 0.15) is 105 Å². The van der Waals surface area contributed by atoms with Crippen LogP contribution in [0.4, 0.5) is 0 Å². The van der Waals surface area contributed by atoms with E-state index in [4.69, 9.17) is 4.98 Å². The van der Waals surface area contributed by atoms with Gasteiger partial charge in [-0.15, -0.1) is 0 Å². The molecule has 2 nitrogen and oxygen atoms in total. The van der Waals surface area contributed by atoms with Crippen LogP contribution in [-0.2, 0) is 17.3 Å². The maximum absolute atomic E-state index is 5.11. The SMILES string of the molecule is CCC(C)(C)c1nc(C(C)(CC)CC)[nH]c1CCCC(C)C. The molecule has 128 valence electrons. The number of nitrogens with zero attached hydrogens (tertiary/aromatic N) is 1. The number of aromatic amines is 1. The van der Waals surface area contributed by atoms with E-state index in [0.717, 1.165) is 31.6 Å². The molecule has 0 aliphatic rings. The van der Waals surface area contributed by atoms with Crippen LogP contribution < -0.4 is 0 Å². The summed E-state index contributed by atoms with van der Waals surface area (Å²) in [6, 6.07) is 0. The molecule has 0 fully saturated rings. The molecule has 22 heavy (non-hydrogen) atoms. The summed E-state index contributed by atoms with van der Waals surface area (Å²) >= 11 is 0. The maximum Gasteiger partial charge on any atom is 0.112 e. The molecule has 0 unspecified atom stereocenters. The van der Waals surface area contributed by atoms with Crippen LogP contribution in [0.15, 0.2) is 0 Å². The van der Waals surface area contributed by atoms with E-state index in [-0.39, 0.29) is 10.8 Å². The van der Waals surface area contributed by atoms with E-state index in [1.807, 2.05) is 0 Å². The third kappa shape index (κ3) is 4.36. The van der Waals surface area contributed by atoms with E-state index >= 15 is 0 Å². The molecule has 0 bridgehead atoms. The number of hydrogen-bond donors (Lipinski definition) is 1. The first-order chi connectivity index (χ1) is 10.2. The van der Waals surface area contributed by atoms with Crippen molar-refractivity contribution in [1.82, 2.24) is 9.97 Å². The number of imidazole rings is 1. The Hall–Kier alpha value is -0.790. The molecule has 1 aromatic heterocycles. The fourth-order valence-electron chi connectivity index (χ4n) is 2.88.